The fourth-order valence-corrected chi connectivity index (χ4v) is 2.36. The van der Waals surface area contributed by atoms with Crippen LogP contribution in [0.4, 0.5) is 23.7 Å². The van der Waals surface area contributed by atoms with Crippen molar-refractivity contribution in [1.29, 1.82) is 0 Å². The predicted octanol–water partition coefficient (Wildman–Crippen LogP) is 4.60. The first kappa shape index (κ1) is 18.8. The molecule has 0 unspecified atom stereocenters. The van der Waals surface area contributed by atoms with Gasteiger partial charge < -0.3 is 4.74 Å². The summed E-state index contributed by atoms with van der Waals surface area (Å²) in [6, 6.07) is 2.36. The van der Waals surface area contributed by atoms with E-state index in [4.69, 9.17) is 4.74 Å². The van der Waals surface area contributed by atoms with Crippen molar-refractivity contribution in [2.45, 2.75) is 39.0 Å². The van der Waals surface area contributed by atoms with Crippen molar-refractivity contribution in [2.24, 2.45) is 0 Å². The second-order valence-corrected chi connectivity index (χ2v) is 6.56. The second kappa shape index (κ2) is 6.38. The first-order valence-electron chi connectivity index (χ1n) is 7.45. The maximum Gasteiger partial charge on any atom is 0.416 e. The third kappa shape index (κ3) is 4.49. The van der Waals surface area contributed by atoms with Crippen LogP contribution >= 0.6 is 0 Å². The maximum atomic E-state index is 12.8. The van der Waals surface area contributed by atoms with E-state index in [1.165, 1.54) is 11.1 Å². The number of nitrogens with zero attached hydrogens (tertiary/aromatic N) is 2. The zero-order valence-corrected chi connectivity index (χ0v) is 13.9. The number of nitro benzene ring substituents is 1. The second-order valence-electron chi connectivity index (χ2n) is 6.56. The standard InChI is InChI=1S/C16H17F3N2O4/c1-15(2,3)25-14(22)20-7-6-10(9-20)12-5-4-11(16(17,18)19)8-13(12)21(23)24/h4-5,8-9H,6-7H2,1-3H3. The lowest BCUT2D eigenvalue weighted by molar-refractivity contribution is -0.385. The van der Waals surface area contributed by atoms with Gasteiger partial charge in [0.25, 0.3) is 5.69 Å². The number of halogens is 3. The van der Waals surface area contributed by atoms with Gasteiger partial charge in [-0.2, -0.15) is 13.2 Å². The summed E-state index contributed by atoms with van der Waals surface area (Å²) >= 11 is 0. The molecule has 0 aliphatic carbocycles. The molecule has 1 aliphatic rings. The highest BCUT2D eigenvalue weighted by atomic mass is 19.4. The first-order chi connectivity index (χ1) is 11.4. The minimum Gasteiger partial charge on any atom is -0.443 e. The molecule has 1 aliphatic heterocycles. The molecule has 0 bridgehead atoms. The molecule has 0 radical (unpaired) electrons. The van der Waals surface area contributed by atoms with Crippen molar-refractivity contribution in [3.05, 3.63) is 45.6 Å². The van der Waals surface area contributed by atoms with E-state index in [0.29, 0.717) is 11.6 Å². The average Bonchev–Trinajstić information content (AvgIpc) is 2.93. The Morgan fingerprint density at radius 3 is 2.44 bits per heavy atom. The lowest BCUT2D eigenvalue weighted by atomic mass is 10.0. The van der Waals surface area contributed by atoms with Gasteiger partial charge in [0.15, 0.2) is 0 Å². The quantitative estimate of drug-likeness (QED) is 0.572. The predicted molar refractivity (Wildman–Crippen MR) is 83.6 cm³/mol. The van der Waals surface area contributed by atoms with E-state index in [9.17, 15) is 28.1 Å². The van der Waals surface area contributed by atoms with Crippen molar-refractivity contribution in [3.8, 4) is 0 Å². The van der Waals surface area contributed by atoms with Crippen LogP contribution in [0.25, 0.3) is 5.57 Å². The molecular weight excluding hydrogens is 341 g/mol. The molecule has 1 aromatic carbocycles. The van der Waals surface area contributed by atoms with Gasteiger partial charge in [-0.1, -0.05) is 0 Å². The summed E-state index contributed by atoms with van der Waals surface area (Å²) in [5.74, 6) is 0. The number of ether oxygens (including phenoxy) is 1. The largest absolute Gasteiger partial charge is 0.443 e. The van der Waals surface area contributed by atoms with Crippen molar-refractivity contribution in [2.75, 3.05) is 6.54 Å². The average molecular weight is 358 g/mol. The molecule has 0 N–H and O–H groups in total. The topological polar surface area (TPSA) is 72.7 Å². The number of carbonyl (C=O) groups excluding carboxylic acids is 1. The smallest absolute Gasteiger partial charge is 0.416 e. The SMILES string of the molecule is CC(C)(C)OC(=O)N1C=C(c2ccc(C(F)(F)F)cc2[N+](=O)[O-])CC1. The summed E-state index contributed by atoms with van der Waals surface area (Å²) < 4.78 is 43.5. The molecule has 0 fully saturated rings. The Labute approximate surface area is 142 Å². The van der Waals surface area contributed by atoms with Crippen LogP contribution in [-0.2, 0) is 10.9 Å². The van der Waals surface area contributed by atoms with Gasteiger partial charge in [-0.3, -0.25) is 15.0 Å². The number of rotatable bonds is 2. The van der Waals surface area contributed by atoms with Crippen LogP contribution in [0.5, 0.6) is 0 Å². The van der Waals surface area contributed by atoms with Gasteiger partial charge in [0.2, 0.25) is 0 Å². The monoisotopic (exact) mass is 358 g/mol. The van der Waals surface area contributed by atoms with E-state index in [1.54, 1.807) is 20.8 Å². The van der Waals surface area contributed by atoms with Crippen LogP contribution in [0.3, 0.4) is 0 Å². The molecule has 1 amide bonds. The highest BCUT2D eigenvalue weighted by Crippen LogP contribution is 2.37. The van der Waals surface area contributed by atoms with Crippen LogP contribution < -0.4 is 0 Å². The zero-order chi connectivity index (χ0) is 19.0. The Morgan fingerprint density at radius 2 is 1.92 bits per heavy atom. The number of amides is 1. The van der Waals surface area contributed by atoms with E-state index in [-0.39, 0.29) is 18.5 Å². The lowest BCUT2D eigenvalue weighted by Gasteiger charge is -2.23. The number of nitro groups is 1. The highest BCUT2D eigenvalue weighted by Gasteiger charge is 2.34. The van der Waals surface area contributed by atoms with Crippen LogP contribution in [-0.4, -0.2) is 28.1 Å². The molecule has 1 aromatic rings. The van der Waals surface area contributed by atoms with Crippen molar-refractivity contribution >= 4 is 17.4 Å². The number of benzene rings is 1. The normalized spacial score (nSPS) is 15.1. The van der Waals surface area contributed by atoms with Crippen molar-refractivity contribution < 1.29 is 27.6 Å². The molecule has 0 aromatic heterocycles. The summed E-state index contributed by atoms with van der Waals surface area (Å²) in [4.78, 5) is 23.6. The van der Waals surface area contributed by atoms with E-state index >= 15 is 0 Å². The zero-order valence-electron chi connectivity index (χ0n) is 13.9. The van der Waals surface area contributed by atoms with Gasteiger partial charge in [0.05, 0.1) is 16.1 Å². The maximum absolute atomic E-state index is 12.8. The van der Waals surface area contributed by atoms with E-state index in [2.05, 4.69) is 0 Å². The Morgan fingerprint density at radius 1 is 1.28 bits per heavy atom. The number of hydrogen-bond acceptors (Lipinski definition) is 4. The Hall–Kier alpha value is -2.58. The van der Waals surface area contributed by atoms with Gasteiger partial charge in [-0.15, -0.1) is 0 Å². The Bertz CT molecular complexity index is 736. The van der Waals surface area contributed by atoms with Gasteiger partial charge in [-0.25, -0.2) is 4.79 Å². The molecule has 25 heavy (non-hydrogen) atoms. The van der Waals surface area contributed by atoms with Gasteiger partial charge >= 0.3 is 12.3 Å². The summed E-state index contributed by atoms with van der Waals surface area (Å²) in [5.41, 5.74) is -1.97. The Balaban J connectivity index is 2.34. The molecular formula is C16H17F3N2O4. The van der Waals surface area contributed by atoms with Crippen LogP contribution in [0.15, 0.2) is 24.4 Å². The van der Waals surface area contributed by atoms with Crippen molar-refractivity contribution in [3.63, 3.8) is 0 Å². The molecule has 0 atom stereocenters. The molecule has 136 valence electrons. The summed E-state index contributed by atoms with van der Waals surface area (Å²) in [6.07, 6.45) is -3.62. The summed E-state index contributed by atoms with van der Waals surface area (Å²) in [5, 5.41) is 11.2. The molecule has 9 heteroatoms. The van der Waals surface area contributed by atoms with Crippen LogP contribution in [0.1, 0.15) is 38.3 Å². The summed E-state index contributed by atoms with van der Waals surface area (Å²) in [7, 11) is 0. The molecule has 1 heterocycles. The summed E-state index contributed by atoms with van der Waals surface area (Å²) in [6.45, 7) is 5.34. The molecule has 2 rings (SSSR count). The number of carbonyl (C=O) groups is 1. The number of hydrogen-bond donors (Lipinski definition) is 0. The van der Waals surface area contributed by atoms with Gasteiger partial charge in [0.1, 0.15) is 5.60 Å². The minimum absolute atomic E-state index is 0.0593. The van der Waals surface area contributed by atoms with E-state index < -0.39 is 34.0 Å². The number of alkyl halides is 3. The van der Waals surface area contributed by atoms with Crippen LogP contribution in [0.2, 0.25) is 0 Å². The van der Waals surface area contributed by atoms with Crippen LogP contribution in [0, 0.1) is 10.1 Å². The third-order valence-corrected chi connectivity index (χ3v) is 3.43. The molecule has 0 saturated heterocycles. The lowest BCUT2D eigenvalue weighted by Crippen LogP contribution is -2.32. The highest BCUT2D eigenvalue weighted by molar-refractivity contribution is 5.80. The third-order valence-electron chi connectivity index (χ3n) is 3.43. The first-order valence-corrected chi connectivity index (χ1v) is 7.45. The molecule has 0 spiro atoms. The van der Waals surface area contributed by atoms with Crippen molar-refractivity contribution in [1.82, 2.24) is 4.90 Å². The Kier molecular flexibility index (Phi) is 4.79. The van der Waals surface area contributed by atoms with E-state index in [0.717, 1.165) is 12.1 Å². The van der Waals surface area contributed by atoms with E-state index in [1.807, 2.05) is 0 Å². The fraction of sp³-hybridized carbons (Fsp3) is 0.438. The fourth-order valence-electron chi connectivity index (χ4n) is 2.36. The minimum atomic E-state index is -4.67. The van der Waals surface area contributed by atoms with Gasteiger partial charge in [0, 0.05) is 18.8 Å². The molecule has 0 saturated carbocycles. The molecule has 6 nitrogen and oxygen atoms in total. The van der Waals surface area contributed by atoms with Gasteiger partial charge in [-0.05, 0) is 44.9 Å².